The number of carboxylic acid groups (broad SMARTS) is 1. The van der Waals surface area contributed by atoms with Crippen LogP contribution in [0.1, 0.15) is 42.2 Å². The number of carbonyl (C=O) groups is 2. The predicted molar refractivity (Wildman–Crippen MR) is 87.5 cm³/mol. The first kappa shape index (κ1) is 16.0. The Bertz CT molecular complexity index is 780. The number of hydrogen-bond acceptors (Lipinski definition) is 4. The highest BCUT2D eigenvalue weighted by atomic mass is 16.4. The van der Waals surface area contributed by atoms with Crippen LogP contribution in [0.5, 0.6) is 0 Å². The SMILES string of the molecule is Cc1cccc(C2CC(c3ccco3)=NN2C(=O)CCC(=O)O)c1. The highest BCUT2D eigenvalue weighted by Crippen LogP contribution is 2.33. The fourth-order valence-electron chi connectivity index (χ4n) is 2.80. The van der Waals surface area contributed by atoms with Crippen LogP contribution in [0, 0.1) is 6.92 Å². The van der Waals surface area contributed by atoms with Gasteiger partial charge in [0.1, 0.15) is 11.5 Å². The largest absolute Gasteiger partial charge is 0.481 e. The van der Waals surface area contributed by atoms with Crippen molar-refractivity contribution in [3.8, 4) is 0 Å². The number of carbonyl (C=O) groups excluding carboxylic acids is 1. The topological polar surface area (TPSA) is 83.1 Å². The van der Waals surface area contributed by atoms with Gasteiger partial charge in [-0.2, -0.15) is 5.10 Å². The number of benzene rings is 1. The Morgan fingerprint density at radius 2 is 2.12 bits per heavy atom. The molecule has 124 valence electrons. The second-order valence-electron chi connectivity index (χ2n) is 5.79. The number of amides is 1. The molecule has 0 spiro atoms. The first-order valence-electron chi connectivity index (χ1n) is 7.76. The monoisotopic (exact) mass is 326 g/mol. The molecule has 6 nitrogen and oxygen atoms in total. The van der Waals surface area contributed by atoms with Crippen molar-refractivity contribution in [2.24, 2.45) is 5.10 Å². The summed E-state index contributed by atoms with van der Waals surface area (Å²) in [6.45, 7) is 1.99. The summed E-state index contributed by atoms with van der Waals surface area (Å²) in [4.78, 5) is 23.2. The highest BCUT2D eigenvalue weighted by Gasteiger charge is 2.33. The van der Waals surface area contributed by atoms with E-state index in [0.29, 0.717) is 17.9 Å². The molecular weight excluding hydrogens is 308 g/mol. The molecule has 1 aromatic carbocycles. The van der Waals surface area contributed by atoms with Gasteiger partial charge in [0, 0.05) is 12.8 Å². The second kappa shape index (κ2) is 6.70. The number of carboxylic acids is 1. The highest BCUT2D eigenvalue weighted by molar-refractivity contribution is 6.01. The zero-order valence-corrected chi connectivity index (χ0v) is 13.3. The Morgan fingerprint density at radius 1 is 1.29 bits per heavy atom. The van der Waals surface area contributed by atoms with Gasteiger partial charge >= 0.3 is 5.97 Å². The quantitative estimate of drug-likeness (QED) is 0.915. The maximum atomic E-state index is 12.5. The molecule has 1 unspecified atom stereocenters. The van der Waals surface area contributed by atoms with Crippen LogP contribution < -0.4 is 0 Å². The summed E-state index contributed by atoms with van der Waals surface area (Å²) >= 11 is 0. The van der Waals surface area contributed by atoms with E-state index in [-0.39, 0.29) is 24.8 Å². The minimum Gasteiger partial charge on any atom is -0.481 e. The van der Waals surface area contributed by atoms with E-state index in [1.165, 1.54) is 5.01 Å². The van der Waals surface area contributed by atoms with Crippen LogP contribution in [-0.4, -0.2) is 27.7 Å². The molecule has 0 fully saturated rings. The summed E-state index contributed by atoms with van der Waals surface area (Å²) in [5.41, 5.74) is 2.76. The van der Waals surface area contributed by atoms with Crippen molar-refractivity contribution in [3.05, 3.63) is 59.5 Å². The van der Waals surface area contributed by atoms with E-state index in [0.717, 1.165) is 11.1 Å². The maximum Gasteiger partial charge on any atom is 0.303 e. The van der Waals surface area contributed by atoms with Crippen molar-refractivity contribution in [1.29, 1.82) is 0 Å². The van der Waals surface area contributed by atoms with Gasteiger partial charge < -0.3 is 9.52 Å². The molecule has 1 amide bonds. The molecule has 0 bridgehead atoms. The van der Waals surface area contributed by atoms with Crippen LogP contribution >= 0.6 is 0 Å². The lowest BCUT2D eigenvalue weighted by atomic mass is 9.99. The molecular formula is C18H18N2O4. The molecule has 3 rings (SSSR count). The zero-order valence-electron chi connectivity index (χ0n) is 13.3. The van der Waals surface area contributed by atoms with Crippen molar-refractivity contribution < 1.29 is 19.1 Å². The van der Waals surface area contributed by atoms with Crippen LogP contribution in [0.25, 0.3) is 0 Å². The number of nitrogens with zero attached hydrogens (tertiary/aromatic N) is 2. The first-order chi connectivity index (χ1) is 11.5. The first-order valence-corrected chi connectivity index (χ1v) is 7.76. The van der Waals surface area contributed by atoms with Gasteiger partial charge in [-0.1, -0.05) is 29.8 Å². The molecule has 24 heavy (non-hydrogen) atoms. The predicted octanol–water partition coefficient (Wildman–Crippen LogP) is 3.13. The molecule has 2 heterocycles. The van der Waals surface area contributed by atoms with Crippen molar-refractivity contribution in [2.45, 2.75) is 32.2 Å². The van der Waals surface area contributed by atoms with E-state index in [2.05, 4.69) is 5.10 Å². The van der Waals surface area contributed by atoms with Crippen LogP contribution in [0.15, 0.2) is 52.2 Å². The molecule has 0 aliphatic carbocycles. The molecule has 2 aromatic rings. The van der Waals surface area contributed by atoms with Gasteiger partial charge in [0.15, 0.2) is 0 Å². The average Bonchev–Trinajstić information content (AvgIpc) is 3.21. The lowest BCUT2D eigenvalue weighted by Gasteiger charge is -2.22. The van der Waals surface area contributed by atoms with Crippen molar-refractivity contribution >= 4 is 17.6 Å². The summed E-state index contributed by atoms with van der Waals surface area (Å²) in [7, 11) is 0. The lowest BCUT2D eigenvalue weighted by molar-refractivity contribution is -0.141. The van der Waals surface area contributed by atoms with Gasteiger partial charge in [0.2, 0.25) is 5.91 Å². The number of hydrazone groups is 1. The maximum absolute atomic E-state index is 12.5. The molecule has 1 atom stereocenters. The zero-order chi connectivity index (χ0) is 17.1. The summed E-state index contributed by atoms with van der Waals surface area (Å²) in [6, 6.07) is 11.2. The van der Waals surface area contributed by atoms with E-state index in [4.69, 9.17) is 9.52 Å². The lowest BCUT2D eigenvalue weighted by Crippen LogP contribution is -2.27. The van der Waals surface area contributed by atoms with Crippen LogP contribution in [0.4, 0.5) is 0 Å². The Kier molecular flexibility index (Phi) is 4.46. The summed E-state index contributed by atoms with van der Waals surface area (Å²) < 4.78 is 5.39. The van der Waals surface area contributed by atoms with Gasteiger partial charge in [-0.05, 0) is 24.6 Å². The van der Waals surface area contributed by atoms with Crippen molar-refractivity contribution in [2.75, 3.05) is 0 Å². The fraction of sp³-hybridized carbons (Fsp3) is 0.278. The van der Waals surface area contributed by atoms with Gasteiger partial charge in [-0.25, -0.2) is 5.01 Å². The number of aryl methyl sites for hydroxylation is 1. The van der Waals surface area contributed by atoms with E-state index in [9.17, 15) is 9.59 Å². The summed E-state index contributed by atoms with van der Waals surface area (Å²) in [6.07, 6.45) is 1.82. The van der Waals surface area contributed by atoms with E-state index < -0.39 is 5.97 Å². The third-order valence-corrected chi connectivity index (χ3v) is 3.95. The van der Waals surface area contributed by atoms with Gasteiger partial charge in [-0.3, -0.25) is 9.59 Å². The summed E-state index contributed by atoms with van der Waals surface area (Å²) in [5, 5.41) is 14.6. The van der Waals surface area contributed by atoms with Crippen LogP contribution in [0.2, 0.25) is 0 Å². The molecule has 6 heteroatoms. The molecule has 1 N–H and O–H groups in total. The number of rotatable bonds is 5. The number of furan rings is 1. The summed E-state index contributed by atoms with van der Waals surface area (Å²) in [5.74, 6) is -0.670. The normalized spacial score (nSPS) is 17.0. The van der Waals surface area contributed by atoms with Gasteiger partial charge in [0.05, 0.1) is 18.7 Å². The molecule has 0 radical (unpaired) electrons. The third kappa shape index (κ3) is 3.37. The van der Waals surface area contributed by atoms with E-state index in [1.54, 1.807) is 18.4 Å². The number of hydrogen-bond donors (Lipinski definition) is 1. The van der Waals surface area contributed by atoms with E-state index in [1.807, 2.05) is 31.2 Å². The number of aliphatic carboxylic acids is 1. The Labute approximate surface area is 139 Å². The Hall–Kier alpha value is -2.89. The molecule has 0 saturated heterocycles. The van der Waals surface area contributed by atoms with Crippen LogP contribution in [0.3, 0.4) is 0 Å². The molecule has 1 aliphatic rings. The van der Waals surface area contributed by atoms with Crippen LogP contribution in [-0.2, 0) is 9.59 Å². The van der Waals surface area contributed by atoms with Crippen molar-refractivity contribution in [1.82, 2.24) is 5.01 Å². The average molecular weight is 326 g/mol. The Balaban J connectivity index is 1.89. The smallest absolute Gasteiger partial charge is 0.303 e. The van der Waals surface area contributed by atoms with E-state index >= 15 is 0 Å². The van der Waals surface area contributed by atoms with Crippen molar-refractivity contribution in [3.63, 3.8) is 0 Å². The molecule has 1 aromatic heterocycles. The van der Waals surface area contributed by atoms with Gasteiger partial charge in [0.25, 0.3) is 0 Å². The standard InChI is InChI=1S/C18H18N2O4/c1-12-4-2-5-13(10-12)15-11-14(16-6-3-9-24-16)19-20(15)17(21)7-8-18(22)23/h2-6,9-10,15H,7-8,11H2,1H3,(H,22,23). The minimum atomic E-state index is -0.995. The van der Waals surface area contributed by atoms with Gasteiger partial charge in [-0.15, -0.1) is 0 Å². The molecule has 0 saturated carbocycles. The second-order valence-corrected chi connectivity index (χ2v) is 5.79. The Morgan fingerprint density at radius 3 is 2.79 bits per heavy atom. The molecule has 1 aliphatic heterocycles. The fourth-order valence-corrected chi connectivity index (χ4v) is 2.80. The third-order valence-electron chi connectivity index (χ3n) is 3.95. The minimum absolute atomic E-state index is 0.0768.